The standard InChI is InChI=1S/C16H16ClN7O3/c1-11-14(24(26)27)9-22(20-11)7-6-15(25)19-16-18-10-23(21-16)8-12-4-2-3-5-13(12)17/h2-5,9-10H,6-8H2,1H3,(H,19,21,25). The minimum Gasteiger partial charge on any atom is -0.293 e. The number of benzene rings is 1. The molecule has 0 unspecified atom stereocenters. The number of aromatic nitrogens is 5. The Bertz CT molecular complexity index is 982. The van der Waals surface area contributed by atoms with Crippen LogP contribution in [-0.4, -0.2) is 35.4 Å². The van der Waals surface area contributed by atoms with Gasteiger partial charge in [0.25, 0.3) is 0 Å². The zero-order chi connectivity index (χ0) is 19.4. The first-order valence-electron chi connectivity index (χ1n) is 8.03. The van der Waals surface area contributed by atoms with Gasteiger partial charge < -0.3 is 0 Å². The van der Waals surface area contributed by atoms with Crippen LogP contribution in [0.1, 0.15) is 17.7 Å². The van der Waals surface area contributed by atoms with Crippen LogP contribution < -0.4 is 5.32 Å². The Morgan fingerprint density at radius 2 is 2.07 bits per heavy atom. The summed E-state index contributed by atoms with van der Waals surface area (Å²) in [6.07, 6.45) is 2.88. The maximum Gasteiger partial charge on any atom is 0.309 e. The smallest absolute Gasteiger partial charge is 0.293 e. The molecule has 1 amide bonds. The molecule has 1 aromatic carbocycles. The summed E-state index contributed by atoms with van der Waals surface area (Å²) < 4.78 is 2.94. The van der Waals surface area contributed by atoms with Crippen LogP contribution in [0.3, 0.4) is 0 Å². The van der Waals surface area contributed by atoms with Gasteiger partial charge in [-0.2, -0.15) is 5.10 Å². The molecule has 0 radical (unpaired) electrons. The Hall–Kier alpha value is -3.27. The lowest BCUT2D eigenvalue weighted by Crippen LogP contribution is -2.16. The van der Waals surface area contributed by atoms with Gasteiger partial charge in [0, 0.05) is 18.0 Å². The van der Waals surface area contributed by atoms with Gasteiger partial charge in [0.2, 0.25) is 11.9 Å². The summed E-state index contributed by atoms with van der Waals surface area (Å²) in [6.45, 7) is 2.18. The Morgan fingerprint density at radius 3 is 2.78 bits per heavy atom. The summed E-state index contributed by atoms with van der Waals surface area (Å²) in [6, 6.07) is 7.39. The number of carbonyl (C=O) groups is 1. The van der Waals surface area contributed by atoms with Crippen LogP contribution >= 0.6 is 11.6 Å². The van der Waals surface area contributed by atoms with E-state index in [1.165, 1.54) is 17.2 Å². The van der Waals surface area contributed by atoms with Gasteiger partial charge in [0.15, 0.2) is 0 Å². The maximum atomic E-state index is 12.0. The molecule has 140 valence electrons. The molecule has 0 saturated carbocycles. The van der Waals surface area contributed by atoms with Gasteiger partial charge in [-0.15, -0.1) is 5.10 Å². The van der Waals surface area contributed by atoms with Crippen LogP contribution in [-0.2, 0) is 17.9 Å². The molecule has 2 aromatic heterocycles. The molecule has 0 fully saturated rings. The molecule has 0 aliphatic rings. The fourth-order valence-corrected chi connectivity index (χ4v) is 2.63. The van der Waals surface area contributed by atoms with Crippen LogP contribution in [0.15, 0.2) is 36.8 Å². The van der Waals surface area contributed by atoms with Crippen molar-refractivity contribution in [1.82, 2.24) is 24.5 Å². The summed E-state index contributed by atoms with van der Waals surface area (Å²) >= 11 is 6.12. The van der Waals surface area contributed by atoms with E-state index in [9.17, 15) is 14.9 Å². The predicted molar refractivity (Wildman–Crippen MR) is 97.4 cm³/mol. The summed E-state index contributed by atoms with van der Waals surface area (Å²) in [5, 5.41) is 22.2. The lowest BCUT2D eigenvalue weighted by molar-refractivity contribution is -0.385. The van der Waals surface area contributed by atoms with Gasteiger partial charge in [0.1, 0.15) is 18.2 Å². The molecule has 0 saturated heterocycles. The topological polar surface area (TPSA) is 121 Å². The quantitative estimate of drug-likeness (QED) is 0.489. The Morgan fingerprint density at radius 1 is 1.30 bits per heavy atom. The van der Waals surface area contributed by atoms with Crippen molar-refractivity contribution in [2.45, 2.75) is 26.4 Å². The second-order valence-electron chi connectivity index (χ2n) is 5.78. The van der Waals surface area contributed by atoms with Crippen molar-refractivity contribution < 1.29 is 9.72 Å². The molecule has 10 nitrogen and oxygen atoms in total. The number of nitrogens with zero attached hydrogens (tertiary/aromatic N) is 6. The molecule has 11 heteroatoms. The minimum absolute atomic E-state index is 0.0737. The Labute approximate surface area is 158 Å². The van der Waals surface area contributed by atoms with Gasteiger partial charge >= 0.3 is 5.69 Å². The summed E-state index contributed by atoms with van der Waals surface area (Å²) in [7, 11) is 0. The Balaban J connectivity index is 1.54. The van der Waals surface area contributed by atoms with Crippen LogP contribution in [0.2, 0.25) is 5.02 Å². The molecule has 0 atom stereocenters. The largest absolute Gasteiger partial charge is 0.309 e. The minimum atomic E-state index is -0.505. The fraction of sp³-hybridized carbons (Fsp3) is 0.250. The lowest BCUT2D eigenvalue weighted by Gasteiger charge is -2.03. The maximum absolute atomic E-state index is 12.0. The SMILES string of the molecule is Cc1nn(CCC(=O)Nc2ncn(Cc3ccccc3Cl)n2)cc1[N+](=O)[O-]. The first-order valence-corrected chi connectivity index (χ1v) is 8.41. The zero-order valence-electron chi connectivity index (χ0n) is 14.4. The molecule has 1 N–H and O–H groups in total. The van der Waals surface area contributed by atoms with Crippen molar-refractivity contribution in [3.05, 3.63) is 63.2 Å². The second-order valence-corrected chi connectivity index (χ2v) is 6.18. The molecule has 0 aliphatic carbocycles. The summed E-state index contributed by atoms with van der Waals surface area (Å²) in [5.41, 5.74) is 1.12. The van der Waals surface area contributed by atoms with E-state index < -0.39 is 4.92 Å². The van der Waals surface area contributed by atoms with Crippen LogP contribution in [0.5, 0.6) is 0 Å². The highest BCUT2D eigenvalue weighted by Crippen LogP contribution is 2.16. The molecule has 0 bridgehead atoms. The van der Waals surface area contributed by atoms with E-state index in [1.807, 2.05) is 18.2 Å². The van der Waals surface area contributed by atoms with Gasteiger partial charge in [-0.25, -0.2) is 9.67 Å². The number of aryl methyl sites for hydroxylation is 2. The number of amides is 1. The highest BCUT2D eigenvalue weighted by molar-refractivity contribution is 6.31. The average molecular weight is 390 g/mol. The van der Waals surface area contributed by atoms with Crippen molar-refractivity contribution >= 4 is 29.1 Å². The highest BCUT2D eigenvalue weighted by atomic mass is 35.5. The summed E-state index contributed by atoms with van der Waals surface area (Å²) in [5.74, 6) is -0.143. The predicted octanol–water partition coefficient (Wildman–Crippen LogP) is 2.42. The number of anilines is 1. The third kappa shape index (κ3) is 4.67. The Kier molecular flexibility index (Phi) is 5.46. The first-order chi connectivity index (χ1) is 12.9. The van der Waals surface area contributed by atoms with Gasteiger partial charge in [-0.3, -0.25) is 24.9 Å². The third-order valence-corrected chi connectivity index (χ3v) is 4.13. The monoisotopic (exact) mass is 389 g/mol. The van der Waals surface area contributed by atoms with Crippen molar-refractivity contribution in [3.8, 4) is 0 Å². The first kappa shape index (κ1) is 18.5. The molecular formula is C16H16ClN7O3. The molecule has 0 spiro atoms. The van der Waals surface area contributed by atoms with E-state index in [1.54, 1.807) is 17.7 Å². The van der Waals surface area contributed by atoms with Gasteiger partial charge in [-0.1, -0.05) is 29.8 Å². The van der Waals surface area contributed by atoms with Gasteiger partial charge in [-0.05, 0) is 18.6 Å². The van der Waals surface area contributed by atoms with Crippen LogP contribution in [0, 0.1) is 17.0 Å². The lowest BCUT2D eigenvalue weighted by atomic mass is 10.2. The average Bonchev–Trinajstić information content (AvgIpc) is 3.21. The number of nitrogens with one attached hydrogen (secondary N) is 1. The van der Waals surface area contributed by atoms with E-state index in [-0.39, 0.29) is 30.5 Å². The molecule has 2 heterocycles. The van der Waals surface area contributed by atoms with E-state index in [4.69, 9.17) is 11.6 Å². The van der Waals surface area contributed by atoms with E-state index in [2.05, 4.69) is 20.5 Å². The van der Waals surface area contributed by atoms with Crippen LogP contribution in [0.25, 0.3) is 0 Å². The second kappa shape index (κ2) is 7.96. The van der Waals surface area contributed by atoms with E-state index in [0.717, 1.165) is 5.56 Å². The van der Waals surface area contributed by atoms with Crippen molar-refractivity contribution in [2.75, 3.05) is 5.32 Å². The van der Waals surface area contributed by atoms with Crippen molar-refractivity contribution in [1.29, 1.82) is 0 Å². The molecule has 0 aliphatic heterocycles. The molecular weight excluding hydrogens is 374 g/mol. The van der Waals surface area contributed by atoms with E-state index in [0.29, 0.717) is 17.3 Å². The van der Waals surface area contributed by atoms with Gasteiger partial charge in [0.05, 0.1) is 11.5 Å². The van der Waals surface area contributed by atoms with Crippen LogP contribution in [0.4, 0.5) is 11.6 Å². The molecule has 3 rings (SSSR count). The fourth-order valence-electron chi connectivity index (χ4n) is 2.43. The number of hydrogen-bond donors (Lipinski definition) is 1. The number of carbonyl (C=O) groups excluding carboxylic acids is 1. The highest BCUT2D eigenvalue weighted by Gasteiger charge is 2.16. The zero-order valence-corrected chi connectivity index (χ0v) is 15.1. The molecule has 3 aromatic rings. The number of nitro groups is 1. The molecule has 27 heavy (non-hydrogen) atoms. The normalized spacial score (nSPS) is 10.7. The number of hydrogen-bond acceptors (Lipinski definition) is 6. The number of rotatable bonds is 7. The van der Waals surface area contributed by atoms with Crippen molar-refractivity contribution in [2.24, 2.45) is 0 Å². The summed E-state index contributed by atoms with van der Waals surface area (Å²) in [4.78, 5) is 26.4. The number of halogens is 1. The van der Waals surface area contributed by atoms with Crippen molar-refractivity contribution in [3.63, 3.8) is 0 Å². The third-order valence-electron chi connectivity index (χ3n) is 3.76. The van der Waals surface area contributed by atoms with E-state index >= 15 is 0 Å².